The maximum absolute atomic E-state index is 6.09. The Morgan fingerprint density at radius 3 is 2.76 bits per heavy atom. The van der Waals surface area contributed by atoms with Crippen molar-refractivity contribution in [2.45, 2.75) is 38.3 Å². The van der Waals surface area contributed by atoms with Crippen LogP contribution in [0, 0.1) is 0 Å². The number of nitrogens with two attached hydrogens (primary N) is 1. The number of rotatable bonds is 2. The fourth-order valence-electron chi connectivity index (χ4n) is 2.52. The smallest absolute Gasteiger partial charge is 0.142 e. The molecule has 1 aliphatic heterocycles. The first kappa shape index (κ1) is 12.2. The Kier molecular flexibility index (Phi) is 3.29. The number of anilines is 1. The van der Waals surface area contributed by atoms with Gasteiger partial charge in [-0.1, -0.05) is 12.1 Å². The molecule has 0 spiro atoms. The summed E-state index contributed by atoms with van der Waals surface area (Å²) < 4.78 is 5.44. The minimum Gasteiger partial charge on any atom is -0.495 e. The molecule has 94 valence electrons. The van der Waals surface area contributed by atoms with Gasteiger partial charge in [-0.25, -0.2) is 0 Å². The molecular formula is C14H22N2O. The van der Waals surface area contributed by atoms with Crippen molar-refractivity contribution in [1.82, 2.24) is 0 Å². The highest BCUT2D eigenvalue weighted by Gasteiger charge is 2.34. The number of para-hydroxylation sites is 2. The normalized spacial score (nSPS) is 23.5. The summed E-state index contributed by atoms with van der Waals surface area (Å²) >= 11 is 0. The van der Waals surface area contributed by atoms with Gasteiger partial charge in [-0.05, 0) is 38.8 Å². The highest BCUT2D eigenvalue weighted by atomic mass is 16.5. The number of methoxy groups -OCH3 is 1. The Hall–Kier alpha value is -1.22. The van der Waals surface area contributed by atoms with Gasteiger partial charge in [0.05, 0.1) is 12.8 Å². The lowest BCUT2D eigenvalue weighted by atomic mass is 9.87. The van der Waals surface area contributed by atoms with Crippen molar-refractivity contribution in [2.24, 2.45) is 5.73 Å². The molecule has 2 rings (SSSR count). The van der Waals surface area contributed by atoms with E-state index in [1.807, 2.05) is 18.2 Å². The minimum atomic E-state index is 0.143. The van der Waals surface area contributed by atoms with Crippen LogP contribution in [0.4, 0.5) is 5.69 Å². The van der Waals surface area contributed by atoms with E-state index in [2.05, 4.69) is 24.8 Å². The first-order valence-electron chi connectivity index (χ1n) is 6.21. The van der Waals surface area contributed by atoms with Crippen LogP contribution in [0.2, 0.25) is 0 Å². The van der Waals surface area contributed by atoms with Gasteiger partial charge in [0.1, 0.15) is 5.75 Å². The first-order chi connectivity index (χ1) is 8.04. The Morgan fingerprint density at radius 2 is 2.06 bits per heavy atom. The van der Waals surface area contributed by atoms with E-state index in [0.717, 1.165) is 30.8 Å². The second-order valence-electron chi connectivity index (χ2n) is 5.39. The van der Waals surface area contributed by atoms with E-state index >= 15 is 0 Å². The molecule has 3 nitrogen and oxygen atoms in total. The predicted octanol–water partition coefficient (Wildman–Crippen LogP) is 2.40. The Bertz CT molecular complexity index is 390. The van der Waals surface area contributed by atoms with E-state index in [-0.39, 0.29) is 11.6 Å². The SMILES string of the molecule is COc1ccccc1N1CC(N)CCC1(C)C. The largest absolute Gasteiger partial charge is 0.495 e. The topological polar surface area (TPSA) is 38.5 Å². The highest BCUT2D eigenvalue weighted by Crippen LogP contribution is 2.37. The number of nitrogens with zero attached hydrogens (tertiary/aromatic N) is 1. The summed E-state index contributed by atoms with van der Waals surface area (Å²) in [7, 11) is 1.72. The second-order valence-corrected chi connectivity index (χ2v) is 5.39. The van der Waals surface area contributed by atoms with Gasteiger partial charge in [0.25, 0.3) is 0 Å². The number of benzene rings is 1. The first-order valence-corrected chi connectivity index (χ1v) is 6.21. The molecule has 1 heterocycles. The van der Waals surface area contributed by atoms with Crippen LogP contribution in [0.5, 0.6) is 5.75 Å². The van der Waals surface area contributed by atoms with Crippen molar-refractivity contribution >= 4 is 5.69 Å². The fraction of sp³-hybridized carbons (Fsp3) is 0.571. The number of hydrogen-bond acceptors (Lipinski definition) is 3. The third kappa shape index (κ3) is 2.39. The quantitative estimate of drug-likeness (QED) is 0.854. The third-order valence-electron chi connectivity index (χ3n) is 3.65. The summed E-state index contributed by atoms with van der Waals surface area (Å²) in [6, 6.07) is 8.42. The maximum atomic E-state index is 6.09. The van der Waals surface area contributed by atoms with Crippen molar-refractivity contribution in [3.8, 4) is 5.75 Å². The van der Waals surface area contributed by atoms with Gasteiger partial charge in [-0.3, -0.25) is 0 Å². The van der Waals surface area contributed by atoms with Gasteiger partial charge < -0.3 is 15.4 Å². The summed E-state index contributed by atoms with van der Waals surface area (Å²) in [5.74, 6) is 0.926. The molecule has 0 radical (unpaired) electrons. The van der Waals surface area contributed by atoms with E-state index in [4.69, 9.17) is 10.5 Å². The summed E-state index contributed by atoms with van der Waals surface area (Å²) in [5, 5.41) is 0. The Morgan fingerprint density at radius 1 is 1.35 bits per heavy atom. The van der Waals surface area contributed by atoms with Gasteiger partial charge in [0, 0.05) is 18.1 Å². The molecule has 3 heteroatoms. The Balaban J connectivity index is 2.36. The molecule has 0 aliphatic carbocycles. The van der Waals surface area contributed by atoms with Crippen LogP contribution in [0.3, 0.4) is 0 Å². The molecule has 0 bridgehead atoms. The Labute approximate surface area is 104 Å². The van der Waals surface area contributed by atoms with E-state index in [0.29, 0.717) is 0 Å². The average molecular weight is 234 g/mol. The fourth-order valence-corrected chi connectivity index (χ4v) is 2.52. The third-order valence-corrected chi connectivity index (χ3v) is 3.65. The molecule has 0 amide bonds. The van der Waals surface area contributed by atoms with Crippen molar-refractivity contribution in [2.75, 3.05) is 18.6 Å². The molecule has 2 N–H and O–H groups in total. The lowest BCUT2D eigenvalue weighted by Gasteiger charge is -2.46. The van der Waals surface area contributed by atoms with Crippen molar-refractivity contribution in [3.05, 3.63) is 24.3 Å². The monoisotopic (exact) mass is 234 g/mol. The zero-order valence-electron chi connectivity index (χ0n) is 10.9. The van der Waals surface area contributed by atoms with E-state index in [1.54, 1.807) is 7.11 Å². The number of hydrogen-bond donors (Lipinski definition) is 1. The van der Waals surface area contributed by atoms with Crippen molar-refractivity contribution < 1.29 is 4.74 Å². The summed E-state index contributed by atoms with van der Waals surface area (Å²) in [5.41, 5.74) is 7.38. The van der Waals surface area contributed by atoms with Crippen LogP contribution >= 0.6 is 0 Å². The van der Waals surface area contributed by atoms with Gasteiger partial charge in [-0.2, -0.15) is 0 Å². The molecule has 1 aromatic carbocycles. The summed E-state index contributed by atoms with van der Waals surface area (Å²) in [6.45, 7) is 5.43. The second kappa shape index (κ2) is 4.57. The van der Waals surface area contributed by atoms with Crippen molar-refractivity contribution in [1.29, 1.82) is 0 Å². The van der Waals surface area contributed by atoms with Gasteiger partial charge >= 0.3 is 0 Å². The van der Waals surface area contributed by atoms with Crippen molar-refractivity contribution in [3.63, 3.8) is 0 Å². The molecule has 1 aliphatic rings. The average Bonchev–Trinajstić information content (AvgIpc) is 2.32. The van der Waals surface area contributed by atoms with Crippen LogP contribution in [0.25, 0.3) is 0 Å². The zero-order valence-corrected chi connectivity index (χ0v) is 10.9. The van der Waals surface area contributed by atoms with Crippen LogP contribution in [-0.4, -0.2) is 25.2 Å². The lowest BCUT2D eigenvalue weighted by Crippen LogP contribution is -2.54. The maximum Gasteiger partial charge on any atom is 0.142 e. The molecule has 1 atom stereocenters. The molecule has 0 aromatic heterocycles. The summed E-state index contributed by atoms with van der Waals surface area (Å²) in [6.07, 6.45) is 2.21. The van der Waals surface area contributed by atoms with Crippen LogP contribution < -0.4 is 15.4 Å². The van der Waals surface area contributed by atoms with E-state index in [1.165, 1.54) is 0 Å². The molecule has 1 fully saturated rings. The molecule has 1 unspecified atom stereocenters. The van der Waals surface area contributed by atoms with Gasteiger partial charge in [0.2, 0.25) is 0 Å². The molecule has 0 saturated carbocycles. The lowest BCUT2D eigenvalue weighted by molar-refractivity contribution is 0.328. The van der Waals surface area contributed by atoms with E-state index in [9.17, 15) is 0 Å². The number of piperidine rings is 1. The highest BCUT2D eigenvalue weighted by molar-refractivity contribution is 5.60. The zero-order chi connectivity index (χ0) is 12.5. The summed E-state index contributed by atoms with van der Waals surface area (Å²) in [4.78, 5) is 2.38. The number of ether oxygens (including phenoxy) is 1. The van der Waals surface area contributed by atoms with Gasteiger partial charge in [-0.15, -0.1) is 0 Å². The molecule has 1 aromatic rings. The molecule has 1 saturated heterocycles. The van der Waals surface area contributed by atoms with Gasteiger partial charge in [0.15, 0.2) is 0 Å². The standard InChI is InChI=1S/C14H22N2O/c1-14(2)9-8-11(15)10-16(14)12-6-4-5-7-13(12)17-3/h4-7,11H,8-10,15H2,1-3H3. The van der Waals surface area contributed by atoms with Crippen LogP contribution in [0.1, 0.15) is 26.7 Å². The predicted molar refractivity (Wildman–Crippen MR) is 71.6 cm³/mol. The van der Waals surface area contributed by atoms with Crippen LogP contribution in [0.15, 0.2) is 24.3 Å². The van der Waals surface area contributed by atoms with Crippen LogP contribution in [-0.2, 0) is 0 Å². The minimum absolute atomic E-state index is 0.143. The van der Waals surface area contributed by atoms with E-state index < -0.39 is 0 Å². The molecular weight excluding hydrogens is 212 g/mol. The molecule has 17 heavy (non-hydrogen) atoms.